The molecule has 0 aromatic carbocycles. The number of likely N-dealkylation sites (tertiary alicyclic amines) is 1. The monoisotopic (exact) mass is 212 g/mol. The molecular weight excluding hydrogens is 192 g/mol. The first kappa shape index (κ1) is 12.2. The van der Waals surface area contributed by atoms with Crippen LogP contribution in [0.25, 0.3) is 0 Å². The van der Waals surface area contributed by atoms with Gasteiger partial charge in [-0.05, 0) is 26.3 Å². The molecule has 1 amide bonds. The summed E-state index contributed by atoms with van der Waals surface area (Å²) in [6, 6.07) is 0. The number of hydrogen-bond acceptors (Lipinski definition) is 3. The van der Waals surface area contributed by atoms with Crippen molar-refractivity contribution in [3.05, 3.63) is 12.7 Å². The van der Waals surface area contributed by atoms with Gasteiger partial charge in [0.05, 0.1) is 12.1 Å². The molecule has 1 unspecified atom stereocenters. The molecular formula is C11H20N2O2. The number of rotatable bonds is 4. The van der Waals surface area contributed by atoms with Gasteiger partial charge in [0, 0.05) is 13.1 Å². The van der Waals surface area contributed by atoms with E-state index in [1.54, 1.807) is 6.08 Å². The fraction of sp³-hybridized carbons (Fsp3) is 0.727. The van der Waals surface area contributed by atoms with E-state index in [0.717, 1.165) is 19.4 Å². The molecule has 86 valence electrons. The molecule has 0 aliphatic carbocycles. The van der Waals surface area contributed by atoms with E-state index >= 15 is 0 Å². The van der Waals surface area contributed by atoms with Crippen molar-refractivity contribution >= 4 is 5.91 Å². The summed E-state index contributed by atoms with van der Waals surface area (Å²) < 4.78 is 0. The predicted molar refractivity (Wildman–Crippen MR) is 59.5 cm³/mol. The zero-order valence-electron chi connectivity index (χ0n) is 9.33. The second-order valence-corrected chi connectivity index (χ2v) is 4.40. The summed E-state index contributed by atoms with van der Waals surface area (Å²) in [6.45, 7) is 7.69. The summed E-state index contributed by atoms with van der Waals surface area (Å²) in [5, 5.41) is 12.6. The molecule has 15 heavy (non-hydrogen) atoms. The van der Waals surface area contributed by atoms with Crippen molar-refractivity contribution in [1.29, 1.82) is 0 Å². The Morgan fingerprint density at radius 2 is 2.47 bits per heavy atom. The van der Waals surface area contributed by atoms with E-state index in [4.69, 9.17) is 0 Å². The zero-order valence-corrected chi connectivity index (χ0v) is 9.33. The van der Waals surface area contributed by atoms with E-state index in [2.05, 4.69) is 11.9 Å². The topological polar surface area (TPSA) is 52.6 Å². The molecule has 0 radical (unpaired) electrons. The van der Waals surface area contributed by atoms with Gasteiger partial charge in [0.1, 0.15) is 0 Å². The molecule has 0 saturated carbocycles. The molecule has 1 heterocycles. The Labute approximate surface area is 91.0 Å². The van der Waals surface area contributed by atoms with E-state index in [1.807, 2.05) is 11.8 Å². The highest BCUT2D eigenvalue weighted by Gasteiger charge is 2.28. The maximum absolute atomic E-state index is 11.4. The van der Waals surface area contributed by atoms with E-state index < -0.39 is 5.60 Å². The summed E-state index contributed by atoms with van der Waals surface area (Å²) in [4.78, 5) is 13.4. The molecule has 0 aromatic heterocycles. The fourth-order valence-corrected chi connectivity index (χ4v) is 1.90. The lowest BCUT2D eigenvalue weighted by Crippen LogP contribution is -2.49. The van der Waals surface area contributed by atoms with Crippen LogP contribution in [0.3, 0.4) is 0 Å². The maximum atomic E-state index is 11.4. The molecule has 4 nitrogen and oxygen atoms in total. The average Bonchev–Trinajstić information content (AvgIpc) is 2.13. The van der Waals surface area contributed by atoms with E-state index in [-0.39, 0.29) is 5.91 Å². The minimum atomic E-state index is -0.642. The van der Waals surface area contributed by atoms with Crippen LogP contribution < -0.4 is 5.32 Å². The minimum Gasteiger partial charge on any atom is -0.389 e. The molecule has 1 aliphatic rings. The predicted octanol–water partition coefficient (Wildman–Crippen LogP) is 0.135. The number of aliphatic hydroxyl groups is 1. The summed E-state index contributed by atoms with van der Waals surface area (Å²) in [5.41, 5.74) is -0.642. The van der Waals surface area contributed by atoms with Crippen LogP contribution >= 0.6 is 0 Å². The lowest BCUT2D eigenvalue weighted by atomic mass is 9.95. The molecule has 1 aliphatic heterocycles. The summed E-state index contributed by atoms with van der Waals surface area (Å²) in [7, 11) is 0. The van der Waals surface area contributed by atoms with Crippen molar-refractivity contribution in [3.63, 3.8) is 0 Å². The summed E-state index contributed by atoms with van der Waals surface area (Å²) >= 11 is 0. The first-order valence-electron chi connectivity index (χ1n) is 5.36. The fourth-order valence-electron chi connectivity index (χ4n) is 1.90. The Morgan fingerprint density at radius 1 is 1.73 bits per heavy atom. The molecule has 1 atom stereocenters. The second kappa shape index (κ2) is 5.28. The van der Waals surface area contributed by atoms with Gasteiger partial charge >= 0.3 is 0 Å². The van der Waals surface area contributed by atoms with Crippen molar-refractivity contribution < 1.29 is 9.90 Å². The third-order valence-electron chi connectivity index (χ3n) is 2.56. The molecule has 4 heteroatoms. The Bertz CT molecular complexity index is 239. The van der Waals surface area contributed by atoms with Gasteiger partial charge in [-0.25, -0.2) is 0 Å². The van der Waals surface area contributed by atoms with E-state index in [1.165, 1.54) is 0 Å². The van der Waals surface area contributed by atoms with Crippen LogP contribution in [-0.4, -0.2) is 47.7 Å². The summed E-state index contributed by atoms with van der Waals surface area (Å²) in [6.07, 6.45) is 3.42. The smallest absolute Gasteiger partial charge is 0.234 e. The van der Waals surface area contributed by atoms with Crippen LogP contribution in [-0.2, 0) is 4.79 Å². The minimum absolute atomic E-state index is 0.00685. The lowest BCUT2D eigenvalue weighted by Gasteiger charge is -2.36. The largest absolute Gasteiger partial charge is 0.389 e. The molecule has 0 aromatic rings. The number of nitrogens with one attached hydrogen (secondary N) is 1. The van der Waals surface area contributed by atoms with Gasteiger partial charge in [0.15, 0.2) is 0 Å². The van der Waals surface area contributed by atoms with Gasteiger partial charge in [0.2, 0.25) is 5.91 Å². The molecule has 1 saturated heterocycles. The van der Waals surface area contributed by atoms with Crippen molar-refractivity contribution in [1.82, 2.24) is 10.2 Å². The molecule has 1 fully saturated rings. The Balaban J connectivity index is 2.31. The SMILES string of the molecule is C=CCNC(=O)CN1CCCC(C)(O)C1. The standard InChI is InChI=1S/C11H20N2O2/c1-3-6-12-10(14)8-13-7-4-5-11(2,15)9-13/h3,15H,1,4-9H2,2H3,(H,12,14). The first-order valence-corrected chi connectivity index (χ1v) is 5.36. The van der Waals surface area contributed by atoms with Gasteiger partial charge in [-0.2, -0.15) is 0 Å². The number of piperidine rings is 1. The Morgan fingerprint density at radius 3 is 3.07 bits per heavy atom. The molecule has 2 N–H and O–H groups in total. The Kier molecular flexibility index (Phi) is 4.29. The quantitative estimate of drug-likeness (QED) is 0.652. The number of β-amino-alcohol motifs (C(OH)–C–C–N with tert-alkyl or cyclic N) is 1. The van der Waals surface area contributed by atoms with Crippen LogP contribution in [0.1, 0.15) is 19.8 Å². The number of carbonyl (C=O) groups excluding carboxylic acids is 1. The normalized spacial score (nSPS) is 27.3. The number of carbonyl (C=O) groups is 1. The summed E-state index contributed by atoms with van der Waals surface area (Å²) in [5.74, 6) is -0.00685. The van der Waals surface area contributed by atoms with Crippen LogP contribution in [0.4, 0.5) is 0 Å². The highest BCUT2D eigenvalue weighted by molar-refractivity contribution is 5.78. The maximum Gasteiger partial charge on any atom is 0.234 e. The average molecular weight is 212 g/mol. The number of nitrogens with zero attached hydrogens (tertiary/aromatic N) is 1. The third-order valence-corrected chi connectivity index (χ3v) is 2.56. The third kappa shape index (κ3) is 4.44. The molecule has 1 rings (SSSR count). The number of amides is 1. The van der Waals surface area contributed by atoms with Gasteiger partial charge in [-0.3, -0.25) is 9.69 Å². The van der Waals surface area contributed by atoms with Gasteiger partial charge in [-0.15, -0.1) is 6.58 Å². The second-order valence-electron chi connectivity index (χ2n) is 4.40. The van der Waals surface area contributed by atoms with Crippen molar-refractivity contribution in [2.75, 3.05) is 26.2 Å². The number of hydrogen-bond donors (Lipinski definition) is 2. The van der Waals surface area contributed by atoms with Crippen molar-refractivity contribution in [3.8, 4) is 0 Å². The van der Waals surface area contributed by atoms with Crippen molar-refractivity contribution in [2.45, 2.75) is 25.4 Å². The highest BCUT2D eigenvalue weighted by atomic mass is 16.3. The van der Waals surface area contributed by atoms with Gasteiger partial charge in [-0.1, -0.05) is 6.08 Å². The van der Waals surface area contributed by atoms with Crippen LogP contribution in [0.5, 0.6) is 0 Å². The lowest BCUT2D eigenvalue weighted by molar-refractivity contribution is -0.123. The van der Waals surface area contributed by atoms with Crippen LogP contribution in [0.15, 0.2) is 12.7 Å². The van der Waals surface area contributed by atoms with Crippen LogP contribution in [0, 0.1) is 0 Å². The first-order chi connectivity index (χ1) is 7.03. The Hall–Kier alpha value is -0.870. The van der Waals surface area contributed by atoms with Crippen molar-refractivity contribution in [2.24, 2.45) is 0 Å². The van der Waals surface area contributed by atoms with Gasteiger partial charge in [0.25, 0.3) is 0 Å². The van der Waals surface area contributed by atoms with E-state index in [9.17, 15) is 9.90 Å². The highest BCUT2D eigenvalue weighted by Crippen LogP contribution is 2.19. The molecule has 0 bridgehead atoms. The molecule has 0 spiro atoms. The zero-order chi connectivity index (χ0) is 11.3. The van der Waals surface area contributed by atoms with E-state index in [0.29, 0.717) is 19.6 Å². The van der Waals surface area contributed by atoms with Crippen LogP contribution in [0.2, 0.25) is 0 Å². The van der Waals surface area contributed by atoms with Gasteiger partial charge < -0.3 is 10.4 Å².